The Balaban J connectivity index is 2.18. The number of nitrogens with zero attached hydrogens (tertiary/aromatic N) is 4. The number of hydrogen-bond donors (Lipinski definition) is 0. The molecule has 0 radical (unpaired) electrons. The highest BCUT2D eigenvalue weighted by atomic mass is 16.6. The van der Waals surface area contributed by atoms with E-state index in [0.717, 1.165) is 28.4 Å². The molecule has 2 aromatic heterocycles. The van der Waals surface area contributed by atoms with Crippen LogP contribution in [0.2, 0.25) is 0 Å². The van der Waals surface area contributed by atoms with Crippen LogP contribution in [-0.4, -0.2) is 28.5 Å². The number of rotatable bonds is 4. The maximum absolute atomic E-state index is 5.25. The van der Waals surface area contributed by atoms with Gasteiger partial charge in [-0.15, -0.1) is 0 Å². The lowest BCUT2D eigenvalue weighted by Crippen LogP contribution is -2.12. The van der Waals surface area contributed by atoms with Gasteiger partial charge >= 0.3 is 0 Å². The van der Waals surface area contributed by atoms with E-state index in [0.29, 0.717) is 13.0 Å². The van der Waals surface area contributed by atoms with Crippen LogP contribution in [-0.2, 0) is 4.84 Å². The average Bonchev–Trinajstić information content (AvgIpc) is 2.61. The van der Waals surface area contributed by atoms with E-state index in [1.807, 2.05) is 49.5 Å². The van der Waals surface area contributed by atoms with E-state index in [1.54, 1.807) is 12.4 Å². The minimum atomic E-state index is 0.523. The fourth-order valence-corrected chi connectivity index (χ4v) is 2.23. The lowest BCUT2D eigenvalue weighted by molar-refractivity contribution is 0.159. The number of aromatic nitrogens is 2. The van der Waals surface area contributed by atoms with Crippen molar-refractivity contribution in [2.24, 2.45) is 10.1 Å². The van der Waals surface area contributed by atoms with Gasteiger partial charge in [0, 0.05) is 25.0 Å². The van der Waals surface area contributed by atoms with Gasteiger partial charge in [-0.25, -0.2) is 0 Å². The summed E-state index contributed by atoms with van der Waals surface area (Å²) >= 11 is 0. The Bertz CT molecular complexity index is 721. The SMILES string of the molecule is CCON=C1CC=NC(c2ccccn2)=C1c1ccccn1. The van der Waals surface area contributed by atoms with Crippen LogP contribution in [0.5, 0.6) is 0 Å². The van der Waals surface area contributed by atoms with Crippen molar-refractivity contribution in [2.75, 3.05) is 6.61 Å². The Labute approximate surface area is 129 Å². The molecule has 0 aliphatic carbocycles. The molecule has 0 unspecified atom stereocenters. The van der Waals surface area contributed by atoms with E-state index >= 15 is 0 Å². The lowest BCUT2D eigenvalue weighted by atomic mass is 9.97. The van der Waals surface area contributed by atoms with E-state index in [9.17, 15) is 0 Å². The summed E-state index contributed by atoms with van der Waals surface area (Å²) in [5.74, 6) is 0. The molecule has 0 bridgehead atoms. The normalized spacial score (nSPS) is 16.1. The van der Waals surface area contributed by atoms with Crippen molar-refractivity contribution in [2.45, 2.75) is 13.3 Å². The predicted octanol–water partition coefficient (Wildman–Crippen LogP) is 3.21. The summed E-state index contributed by atoms with van der Waals surface area (Å²) < 4.78 is 0. The molecule has 0 amide bonds. The van der Waals surface area contributed by atoms with Crippen LogP contribution in [0.3, 0.4) is 0 Å². The Morgan fingerprint density at radius 2 is 1.77 bits per heavy atom. The van der Waals surface area contributed by atoms with E-state index in [2.05, 4.69) is 20.1 Å². The highest BCUT2D eigenvalue weighted by molar-refractivity contribution is 6.34. The third-order valence-electron chi connectivity index (χ3n) is 3.16. The predicted molar refractivity (Wildman–Crippen MR) is 87.5 cm³/mol. The van der Waals surface area contributed by atoms with Crippen LogP contribution in [0.1, 0.15) is 24.7 Å². The molecule has 0 saturated heterocycles. The van der Waals surface area contributed by atoms with Gasteiger partial charge in [0.1, 0.15) is 6.61 Å². The molecule has 3 rings (SSSR count). The quantitative estimate of drug-likeness (QED) is 0.813. The first-order valence-electron chi connectivity index (χ1n) is 7.19. The van der Waals surface area contributed by atoms with Gasteiger partial charge in [-0.2, -0.15) is 0 Å². The summed E-state index contributed by atoms with van der Waals surface area (Å²) in [5.41, 5.74) is 4.07. The molecule has 22 heavy (non-hydrogen) atoms. The second-order valence-corrected chi connectivity index (χ2v) is 4.63. The minimum Gasteiger partial charge on any atom is -0.396 e. The third-order valence-corrected chi connectivity index (χ3v) is 3.16. The summed E-state index contributed by atoms with van der Waals surface area (Å²) in [6.07, 6.45) is 5.95. The molecule has 5 nitrogen and oxygen atoms in total. The first-order chi connectivity index (χ1) is 10.9. The average molecular weight is 292 g/mol. The Morgan fingerprint density at radius 1 is 1.05 bits per heavy atom. The van der Waals surface area contributed by atoms with Crippen LogP contribution < -0.4 is 0 Å². The Kier molecular flexibility index (Phi) is 4.34. The van der Waals surface area contributed by atoms with Gasteiger partial charge in [-0.1, -0.05) is 17.3 Å². The summed E-state index contributed by atoms with van der Waals surface area (Å²) in [5, 5.41) is 4.23. The monoisotopic (exact) mass is 292 g/mol. The number of aliphatic imine (C=N–C) groups is 1. The maximum Gasteiger partial charge on any atom is 0.114 e. The topological polar surface area (TPSA) is 59.7 Å². The van der Waals surface area contributed by atoms with Crippen molar-refractivity contribution in [3.8, 4) is 0 Å². The maximum atomic E-state index is 5.25. The number of pyridine rings is 2. The molecule has 0 spiro atoms. The number of hydrogen-bond acceptors (Lipinski definition) is 5. The zero-order valence-electron chi connectivity index (χ0n) is 12.3. The van der Waals surface area contributed by atoms with E-state index in [4.69, 9.17) is 4.84 Å². The molecule has 0 N–H and O–H groups in total. The lowest BCUT2D eigenvalue weighted by Gasteiger charge is -2.16. The molecule has 0 atom stereocenters. The van der Waals surface area contributed by atoms with Crippen molar-refractivity contribution in [1.29, 1.82) is 0 Å². The summed E-state index contributed by atoms with van der Waals surface area (Å²) in [4.78, 5) is 18.6. The molecule has 110 valence electrons. The first kappa shape index (κ1) is 14.1. The van der Waals surface area contributed by atoms with Crippen LogP contribution in [0, 0.1) is 0 Å². The zero-order chi connectivity index (χ0) is 15.2. The van der Waals surface area contributed by atoms with E-state index < -0.39 is 0 Å². The fraction of sp³-hybridized carbons (Fsp3) is 0.176. The molecular formula is C17H16N4O. The van der Waals surface area contributed by atoms with E-state index in [1.165, 1.54) is 0 Å². The van der Waals surface area contributed by atoms with Crippen molar-refractivity contribution in [3.05, 3.63) is 60.2 Å². The molecular weight excluding hydrogens is 276 g/mol. The smallest absolute Gasteiger partial charge is 0.114 e. The molecule has 1 aliphatic rings. The van der Waals surface area contributed by atoms with Crippen LogP contribution in [0.15, 0.2) is 58.9 Å². The fourth-order valence-electron chi connectivity index (χ4n) is 2.23. The highest BCUT2D eigenvalue weighted by Gasteiger charge is 2.21. The van der Waals surface area contributed by atoms with Gasteiger partial charge in [0.25, 0.3) is 0 Å². The van der Waals surface area contributed by atoms with E-state index in [-0.39, 0.29) is 0 Å². The number of oxime groups is 1. The summed E-state index contributed by atoms with van der Waals surface area (Å²) in [7, 11) is 0. The van der Waals surface area contributed by atoms with Gasteiger partial charge in [0.2, 0.25) is 0 Å². The van der Waals surface area contributed by atoms with Gasteiger partial charge in [0.15, 0.2) is 0 Å². The molecule has 3 heterocycles. The summed E-state index contributed by atoms with van der Waals surface area (Å²) in [6, 6.07) is 11.5. The van der Waals surface area contributed by atoms with Gasteiger partial charge in [-0.05, 0) is 31.2 Å². The first-order valence-corrected chi connectivity index (χ1v) is 7.19. The van der Waals surface area contributed by atoms with Gasteiger partial charge in [0.05, 0.1) is 28.4 Å². The standard InChI is InChI=1S/C17H16N4O/c1-2-22-21-14-9-12-20-17(15-8-4-6-11-19-15)16(14)13-7-3-5-10-18-13/h3-8,10-12H,2,9H2,1H3. The Morgan fingerprint density at radius 3 is 2.41 bits per heavy atom. The van der Waals surface area contributed by atoms with Gasteiger partial charge < -0.3 is 4.84 Å². The second kappa shape index (κ2) is 6.76. The molecule has 0 saturated carbocycles. The highest BCUT2D eigenvalue weighted by Crippen LogP contribution is 2.30. The molecule has 5 heteroatoms. The zero-order valence-corrected chi connectivity index (χ0v) is 12.3. The minimum absolute atomic E-state index is 0.523. The molecule has 0 fully saturated rings. The summed E-state index contributed by atoms with van der Waals surface area (Å²) in [6.45, 7) is 2.43. The van der Waals surface area contributed by atoms with Crippen molar-refractivity contribution >= 4 is 23.2 Å². The third kappa shape index (κ3) is 2.93. The Hall–Kier alpha value is -2.82. The number of allylic oxidation sites excluding steroid dienone is 1. The van der Waals surface area contributed by atoms with Gasteiger partial charge in [-0.3, -0.25) is 15.0 Å². The van der Waals surface area contributed by atoms with Crippen LogP contribution >= 0.6 is 0 Å². The van der Waals surface area contributed by atoms with Crippen molar-refractivity contribution in [3.63, 3.8) is 0 Å². The molecule has 2 aromatic rings. The molecule has 0 aromatic carbocycles. The largest absolute Gasteiger partial charge is 0.396 e. The van der Waals surface area contributed by atoms with Crippen LogP contribution in [0.4, 0.5) is 0 Å². The molecule has 1 aliphatic heterocycles. The van der Waals surface area contributed by atoms with Crippen molar-refractivity contribution < 1.29 is 4.84 Å². The van der Waals surface area contributed by atoms with Crippen molar-refractivity contribution in [1.82, 2.24) is 9.97 Å². The second-order valence-electron chi connectivity index (χ2n) is 4.63. The van der Waals surface area contributed by atoms with Crippen LogP contribution in [0.25, 0.3) is 11.3 Å².